The van der Waals surface area contributed by atoms with Crippen LogP contribution in [-0.4, -0.2) is 4.99 Å². The first-order valence-electron chi connectivity index (χ1n) is 5.24. The predicted octanol–water partition coefficient (Wildman–Crippen LogP) is 4.66. The van der Waals surface area contributed by atoms with Gasteiger partial charge in [-0.1, -0.05) is 12.2 Å². The number of anilines is 1. The van der Waals surface area contributed by atoms with E-state index < -0.39 is 5.82 Å². The van der Waals surface area contributed by atoms with Crippen molar-refractivity contribution >= 4 is 66.1 Å². The summed E-state index contributed by atoms with van der Waals surface area (Å²) < 4.78 is 15.4. The standard InChI is InChI=1S/C12H9Br2FN2S2/c13-7-3-4-19-9(7)5-17-8-2-1-6(12(16)18)10(14)11(8)15/h1-4,17H,5H2,(H2,16,18). The molecule has 1 aromatic heterocycles. The number of thiophene rings is 1. The molecule has 0 saturated carbocycles. The first-order valence-corrected chi connectivity index (χ1v) is 8.11. The summed E-state index contributed by atoms with van der Waals surface area (Å²) in [5.74, 6) is -0.391. The lowest BCUT2D eigenvalue weighted by Gasteiger charge is -2.10. The Morgan fingerprint density at radius 1 is 1.37 bits per heavy atom. The van der Waals surface area contributed by atoms with E-state index in [1.165, 1.54) is 0 Å². The van der Waals surface area contributed by atoms with Gasteiger partial charge < -0.3 is 11.1 Å². The second-order valence-corrected chi connectivity index (χ2v) is 6.79. The molecule has 0 aliphatic rings. The number of nitrogens with two attached hydrogens (primary N) is 1. The van der Waals surface area contributed by atoms with Crippen LogP contribution in [0.1, 0.15) is 10.4 Å². The highest BCUT2D eigenvalue weighted by Crippen LogP contribution is 2.29. The molecular weight excluding hydrogens is 415 g/mol. The van der Waals surface area contributed by atoms with Crippen molar-refractivity contribution in [1.82, 2.24) is 0 Å². The molecule has 19 heavy (non-hydrogen) atoms. The van der Waals surface area contributed by atoms with Crippen molar-refractivity contribution in [3.63, 3.8) is 0 Å². The van der Waals surface area contributed by atoms with Gasteiger partial charge in [0.25, 0.3) is 0 Å². The van der Waals surface area contributed by atoms with E-state index in [-0.39, 0.29) is 9.46 Å². The minimum atomic E-state index is -0.391. The first-order chi connectivity index (χ1) is 9.00. The summed E-state index contributed by atoms with van der Waals surface area (Å²) in [5, 5.41) is 5.03. The van der Waals surface area contributed by atoms with Crippen LogP contribution >= 0.6 is 55.4 Å². The first kappa shape index (κ1) is 14.9. The van der Waals surface area contributed by atoms with Crippen LogP contribution in [0.25, 0.3) is 0 Å². The topological polar surface area (TPSA) is 38.0 Å². The van der Waals surface area contributed by atoms with E-state index in [4.69, 9.17) is 18.0 Å². The minimum Gasteiger partial charge on any atom is -0.389 e. The molecule has 0 atom stereocenters. The SMILES string of the molecule is NC(=S)c1ccc(NCc2sccc2Br)c(F)c1Br. The summed E-state index contributed by atoms with van der Waals surface area (Å²) in [6.45, 7) is 0.550. The molecule has 1 heterocycles. The third-order valence-corrected chi connectivity index (χ3v) is 5.40. The van der Waals surface area contributed by atoms with Gasteiger partial charge in [-0.2, -0.15) is 0 Å². The molecule has 100 valence electrons. The number of hydrogen-bond donors (Lipinski definition) is 2. The van der Waals surface area contributed by atoms with Crippen molar-refractivity contribution in [2.45, 2.75) is 6.54 Å². The van der Waals surface area contributed by atoms with Crippen molar-refractivity contribution in [1.29, 1.82) is 0 Å². The van der Waals surface area contributed by atoms with Gasteiger partial charge in [0.1, 0.15) is 4.99 Å². The molecule has 0 bridgehead atoms. The Kier molecular flexibility index (Phi) is 4.94. The van der Waals surface area contributed by atoms with Gasteiger partial charge in [0, 0.05) is 14.9 Å². The van der Waals surface area contributed by atoms with Gasteiger partial charge in [-0.3, -0.25) is 0 Å². The van der Waals surface area contributed by atoms with Crippen LogP contribution in [0.5, 0.6) is 0 Å². The van der Waals surface area contributed by atoms with E-state index in [0.717, 1.165) is 9.35 Å². The molecule has 1 aromatic carbocycles. The fourth-order valence-corrected chi connectivity index (χ4v) is 3.80. The summed E-state index contributed by atoms with van der Waals surface area (Å²) >= 11 is 13.1. The monoisotopic (exact) mass is 422 g/mol. The molecule has 0 aliphatic heterocycles. The van der Waals surface area contributed by atoms with E-state index in [1.807, 2.05) is 11.4 Å². The smallest absolute Gasteiger partial charge is 0.161 e. The van der Waals surface area contributed by atoms with Crippen LogP contribution in [0.2, 0.25) is 0 Å². The Bertz CT molecular complexity index is 628. The van der Waals surface area contributed by atoms with Crippen molar-refractivity contribution in [3.05, 3.63) is 48.8 Å². The lowest BCUT2D eigenvalue weighted by molar-refractivity contribution is 0.623. The maximum Gasteiger partial charge on any atom is 0.161 e. The normalized spacial score (nSPS) is 10.5. The van der Waals surface area contributed by atoms with Crippen LogP contribution in [0.4, 0.5) is 10.1 Å². The molecule has 3 N–H and O–H groups in total. The fourth-order valence-electron chi connectivity index (χ4n) is 1.50. The number of nitrogens with one attached hydrogen (secondary N) is 1. The van der Waals surface area contributed by atoms with Gasteiger partial charge in [-0.25, -0.2) is 4.39 Å². The zero-order chi connectivity index (χ0) is 14.0. The Morgan fingerprint density at radius 2 is 2.11 bits per heavy atom. The van der Waals surface area contributed by atoms with Crippen LogP contribution in [0.3, 0.4) is 0 Å². The van der Waals surface area contributed by atoms with Crippen LogP contribution in [-0.2, 0) is 6.54 Å². The van der Waals surface area contributed by atoms with E-state index in [1.54, 1.807) is 23.5 Å². The Balaban J connectivity index is 2.20. The lowest BCUT2D eigenvalue weighted by Crippen LogP contribution is -2.12. The van der Waals surface area contributed by atoms with Gasteiger partial charge in [0.15, 0.2) is 5.82 Å². The quantitative estimate of drug-likeness (QED) is 0.702. The average molecular weight is 424 g/mol. The third-order valence-electron chi connectivity index (χ3n) is 2.48. The van der Waals surface area contributed by atoms with Crippen LogP contribution < -0.4 is 11.1 Å². The molecule has 0 spiro atoms. The van der Waals surface area contributed by atoms with E-state index in [2.05, 4.69) is 37.2 Å². The third kappa shape index (κ3) is 3.34. The maximum absolute atomic E-state index is 14.1. The largest absolute Gasteiger partial charge is 0.389 e. The van der Waals surface area contributed by atoms with E-state index >= 15 is 0 Å². The molecule has 7 heteroatoms. The fraction of sp³-hybridized carbons (Fsp3) is 0.0833. The van der Waals surface area contributed by atoms with Crippen molar-refractivity contribution < 1.29 is 4.39 Å². The molecule has 0 amide bonds. The van der Waals surface area contributed by atoms with Crippen LogP contribution in [0.15, 0.2) is 32.5 Å². The summed E-state index contributed by atoms with van der Waals surface area (Å²) in [4.78, 5) is 1.27. The Morgan fingerprint density at radius 3 is 2.68 bits per heavy atom. The van der Waals surface area contributed by atoms with E-state index in [0.29, 0.717) is 17.8 Å². The summed E-state index contributed by atoms with van der Waals surface area (Å²) in [5.41, 5.74) is 6.42. The second-order valence-electron chi connectivity index (χ2n) is 3.70. The van der Waals surface area contributed by atoms with Gasteiger partial charge in [-0.05, 0) is 55.4 Å². The molecule has 2 nitrogen and oxygen atoms in total. The second kappa shape index (κ2) is 6.30. The summed E-state index contributed by atoms with van der Waals surface area (Å²) in [6.07, 6.45) is 0. The average Bonchev–Trinajstić information content (AvgIpc) is 2.76. The Hall–Kier alpha value is -0.500. The highest BCUT2D eigenvalue weighted by Gasteiger charge is 2.13. The molecule has 0 aliphatic carbocycles. The molecule has 0 fully saturated rings. The molecular formula is C12H9Br2FN2S2. The van der Waals surface area contributed by atoms with Gasteiger partial charge in [0.2, 0.25) is 0 Å². The number of halogens is 3. The number of thiocarbonyl (C=S) groups is 1. The summed E-state index contributed by atoms with van der Waals surface area (Å²) in [7, 11) is 0. The number of rotatable bonds is 4. The molecule has 0 radical (unpaired) electrons. The Labute approximate surface area is 136 Å². The van der Waals surface area contributed by atoms with Crippen molar-refractivity contribution in [3.8, 4) is 0 Å². The summed E-state index contributed by atoms with van der Waals surface area (Å²) in [6, 6.07) is 5.29. The van der Waals surface area contributed by atoms with Gasteiger partial charge in [-0.15, -0.1) is 11.3 Å². The molecule has 0 unspecified atom stereocenters. The molecule has 2 aromatic rings. The van der Waals surface area contributed by atoms with E-state index in [9.17, 15) is 4.39 Å². The number of hydrogen-bond acceptors (Lipinski definition) is 3. The number of benzene rings is 1. The lowest BCUT2D eigenvalue weighted by atomic mass is 10.2. The minimum absolute atomic E-state index is 0.165. The molecule has 2 rings (SSSR count). The highest BCUT2D eigenvalue weighted by molar-refractivity contribution is 9.10. The van der Waals surface area contributed by atoms with Crippen molar-refractivity contribution in [2.75, 3.05) is 5.32 Å². The highest BCUT2D eigenvalue weighted by atomic mass is 79.9. The predicted molar refractivity (Wildman–Crippen MR) is 89.3 cm³/mol. The zero-order valence-corrected chi connectivity index (χ0v) is 14.3. The van der Waals surface area contributed by atoms with Crippen molar-refractivity contribution in [2.24, 2.45) is 5.73 Å². The maximum atomic E-state index is 14.1. The zero-order valence-electron chi connectivity index (χ0n) is 9.54. The van der Waals surface area contributed by atoms with Gasteiger partial charge >= 0.3 is 0 Å². The van der Waals surface area contributed by atoms with Crippen LogP contribution in [0, 0.1) is 5.82 Å². The van der Waals surface area contributed by atoms with Gasteiger partial charge in [0.05, 0.1) is 16.7 Å². The molecule has 0 saturated heterocycles.